The summed E-state index contributed by atoms with van der Waals surface area (Å²) in [6.45, 7) is 7.94. The van der Waals surface area contributed by atoms with Crippen LogP contribution < -0.4 is 20.9 Å². The Kier molecular flexibility index (Phi) is 11.8. The van der Waals surface area contributed by atoms with Crippen LogP contribution in [0.2, 0.25) is 0 Å². The predicted octanol–water partition coefficient (Wildman–Crippen LogP) is 4.16. The van der Waals surface area contributed by atoms with Crippen LogP contribution in [0.15, 0.2) is 42.6 Å². The summed E-state index contributed by atoms with van der Waals surface area (Å²) in [6.07, 6.45) is 4.49. The number of carbonyl (C=O) groups is 3. The van der Waals surface area contributed by atoms with Crippen molar-refractivity contribution >= 4 is 23.6 Å². The van der Waals surface area contributed by atoms with E-state index in [1.807, 2.05) is 12.1 Å². The van der Waals surface area contributed by atoms with Gasteiger partial charge in [0.15, 0.2) is 0 Å². The first-order valence-corrected chi connectivity index (χ1v) is 12.5. The maximum atomic E-state index is 13.1. The van der Waals surface area contributed by atoms with Crippen molar-refractivity contribution in [3.05, 3.63) is 53.9 Å². The van der Waals surface area contributed by atoms with Gasteiger partial charge in [-0.05, 0) is 69.9 Å². The van der Waals surface area contributed by atoms with E-state index >= 15 is 0 Å². The Morgan fingerprint density at radius 1 is 1.05 bits per heavy atom. The highest BCUT2D eigenvalue weighted by atomic mass is 16.6. The van der Waals surface area contributed by atoms with Gasteiger partial charge in [0.2, 0.25) is 11.8 Å². The SMILES string of the molecule is CCCCOc1ccc(CC(NC(=O)OC(C)(C)C)C(=O)Nc2ccc(CCCC(=O)NO)cc2)nc1. The molecule has 0 saturated carbocycles. The number of nitrogens with zero attached hydrogens (tertiary/aromatic N) is 1. The number of alkyl carbamates (subject to hydrolysis) is 1. The average Bonchev–Trinajstić information content (AvgIpc) is 2.84. The lowest BCUT2D eigenvalue weighted by atomic mass is 10.1. The Morgan fingerprint density at radius 2 is 1.78 bits per heavy atom. The Bertz CT molecular complexity index is 1000. The molecule has 0 spiro atoms. The minimum Gasteiger partial charge on any atom is -0.492 e. The Morgan fingerprint density at radius 3 is 2.38 bits per heavy atom. The fourth-order valence-electron chi connectivity index (χ4n) is 3.31. The lowest BCUT2D eigenvalue weighted by Gasteiger charge is -2.23. The minimum atomic E-state index is -0.925. The number of carbonyl (C=O) groups excluding carboxylic acids is 3. The molecular weight excluding hydrogens is 476 g/mol. The van der Waals surface area contributed by atoms with Crippen LogP contribution >= 0.6 is 0 Å². The van der Waals surface area contributed by atoms with Crippen molar-refractivity contribution in [1.82, 2.24) is 15.8 Å². The van der Waals surface area contributed by atoms with Gasteiger partial charge in [-0.3, -0.25) is 19.8 Å². The largest absolute Gasteiger partial charge is 0.492 e. The topological polar surface area (TPSA) is 139 Å². The van der Waals surface area contributed by atoms with Crippen LogP contribution in [0.4, 0.5) is 10.5 Å². The molecule has 4 N–H and O–H groups in total. The zero-order valence-electron chi connectivity index (χ0n) is 22.0. The van der Waals surface area contributed by atoms with E-state index in [-0.39, 0.29) is 12.8 Å². The number of pyridine rings is 1. The molecule has 0 aliphatic carbocycles. The number of hydroxylamine groups is 1. The zero-order valence-corrected chi connectivity index (χ0v) is 22.0. The molecular formula is C27H38N4O6. The van der Waals surface area contributed by atoms with Crippen LogP contribution in [0.1, 0.15) is 64.6 Å². The van der Waals surface area contributed by atoms with E-state index < -0.39 is 29.6 Å². The van der Waals surface area contributed by atoms with Crippen molar-refractivity contribution in [1.29, 1.82) is 0 Å². The molecule has 202 valence electrons. The van der Waals surface area contributed by atoms with Crippen molar-refractivity contribution in [2.45, 2.75) is 77.9 Å². The quantitative estimate of drug-likeness (QED) is 0.179. The summed E-state index contributed by atoms with van der Waals surface area (Å²) in [4.78, 5) is 41.1. The third-order valence-corrected chi connectivity index (χ3v) is 5.20. The predicted molar refractivity (Wildman–Crippen MR) is 139 cm³/mol. The fourth-order valence-corrected chi connectivity index (χ4v) is 3.31. The van der Waals surface area contributed by atoms with Crippen LogP contribution in [0.3, 0.4) is 0 Å². The number of aryl methyl sites for hydroxylation is 1. The van der Waals surface area contributed by atoms with E-state index in [1.165, 1.54) is 0 Å². The van der Waals surface area contributed by atoms with E-state index in [0.29, 0.717) is 36.6 Å². The molecule has 0 aliphatic heterocycles. The molecule has 1 aromatic carbocycles. The molecule has 0 aliphatic rings. The van der Waals surface area contributed by atoms with Gasteiger partial charge in [-0.2, -0.15) is 0 Å². The smallest absolute Gasteiger partial charge is 0.408 e. The third kappa shape index (κ3) is 11.7. The highest BCUT2D eigenvalue weighted by Crippen LogP contribution is 2.15. The lowest BCUT2D eigenvalue weighted by Crippen LogP contribution is -2.47. The van der Waals surface area contributed by atoms with Crippen LogP contribution in [0.5, 0.6) is 5.75 Å². The summed E-state index contributed by atoms with van der Waals surface area (Å²) in [5, 5.41) is 14.0. The van der Waals surface area contributed by atoms with Crippen molar-refractivity contribution in [3.63, 3.8) is 0 Å². The monoisotopic (exact) mass is 514 g/mol. The molecule has 0 bridgehead atoms. The Balaban J connectivity index is 2.05. The molecule has 0 saturated heterocycles. The van der Waals surface area contributed by atoms with Gasteiger partial charge >= 0.3 is 6.09 Å². The first-order valence-electron chi connectivity index (χ1n) is 12.5. The summed E-state index contributed by atoms with van der Waals surface area (Å²) >= 11 is 0. The van der Waals surface area contributed by atoms with Crippen molar-refractivity contribution in [2.75, 3.05) is 11.9 Å². The van der Waals surface area contributed by atoms with Gasteiger partial charge in [-0.1, -0.05) is 25.5 Å². The lowest BCUT2D eigenvalue weighted by molar-refractivity contribution is -0.129. The van der Waals surface area contributed by atoms with E-state index in [0.717, 1.165) is 18.4 Å². The molecule has 1 heterocycles. The number of hydrogen-bond acceptors (Lipinski definition) is 7. The van der Waals surface area contributed by atoms with Crippen LogP contribution in [0, 0.1) is 0 Å². The maximum absolute atomic E-state index is 13.1. The highest BCUT2D eigenvalue weighted by Gasteiger charge is 2.25. The van der Waals surface area contributed by atoms with E-state index in [4.69, 9.17) is 14.7 Å². The van der Waals surface area contributed by atoms with Crippen molar-refractivity contribution in [2.24, 2.45) is 0 Å². The van der Waals surface area contributed by atoms with Gasteiger partial charge in [0.25, 0.3) is 0 Å². The number of ether oxygens (including phenoxy) is 2. The van der Waals surface area contributed by atoms with E-state index in [1.54, 1.807) is 56.7 Å². The number of rotatable bonds is 13. The molecule has 1 atom stereocenters. The number of hydrogen-bond donors (Lipinski definition) is 4. The van der Waals surface area contributed by atoms with Gasteiger partial charge in [-0.25, -0.2) is 10.3 Å². The molecule has 3 amide bonds. The standard InChI is InChI=1S/C27H38N4O6/c1-5-6-16-36-22-15-14-21(28-18-22)17-23(30-26(34)37-27(2,3)4)25(33)29-20-12-10-19(11-13-20)8-7-9-24(32)31-35/h10-15,18,23,35H,5-9,16-17H2,1-4H3,(H,29,33)(H,30,34)(H,31,32). The number of anilines is 1. The third-order valence-electron chi connectivity index (χ3n) is 5.20. The molecule has 10 nitrogen and oxygen atoms in total. The molecule has 0 radical (unpaired) electrons. The summed E-state index contributed by atoms with van der Waals surface area (Å²) < 4.78 is 11.0. The van der Waals surface area contributed by atoms with Gasteiger partial charge in [-0.15, -0.1) is 0 Å². The number of amides is 3. The van der Waals surface area contributed by atoms with Gasteiger partial charge < -0.3 is 20.1 Å². The number of benzene rings is 1. The first-order chi connectivity index (χ1) is 17.6. The summed E-state index contributed by atoms with van der Waals surface area (Å²) in [5.74, 6) is -0.195. The van der Waals surface area contributed by atoms with Gasteiger partial charge in [0.1, 0.15) is 17.4 Å². The first kappa shape index (κ1) is 29.6. The Labute approximate surface area is 218 Å². The summed E-state index contributed by atoms with van der Waals surface area (Å²) in [7, 11) is 0. The molecule has 2 rings (SSSR count). The zero-order chi connectivity index (χ0) is 27.3. The van der Waals surface area contributed by atoms with Crippen LogP contribution in [0.25, 0.3) is 0 Å². The van der Waals surface area contributed by atoms with Crippen molar-refractivity contribution < 1.29 is 29.1 Å². The normalized spacial score (nSPS) is 11.8. The molecule has 37 heavy (non-hydrogen) atoms. The van der Waals surface area contributed by atoms with E-state index in [9.17, 15) is 14.4 Å². The fraction of sp³-hybridized carbons (Fsp3) is 0.481. The summed E-state index contributed by atoms with van der Waals surface area (Å²) in [6, 6.07) is 9.84. The second kappa shape index (κ2) is 14.8. The maximum Gasteiger partial charge on any atom is 0.408 e. The number of nitrogens with one attached hydrogen (secondary N) is 3. The van der Waals surface area contributed by atoms with Crippen LogP contribution in [-0.2, 0) is 27.2 Å². The molecule has 2 aromatic rings. The van der Waals surface area contributed by atoms with E-state index in [2.05, 4.69) is 22.5 Å². The van der Waals surface area contributed by atoms with Crippen LogP contribution in [-0.4, -0.2) is 46.3 Å². The average molecular weight is 515 g/mol. The second-order valence-corrected chi connectivity index (χ2v) is 9.66. The number of aromatic nitrogens is 1. The molecule has 10 heteroatoms. The number of unbranched alkanes of at least 4 members (excludes halogenated alkanes) is 1. The minimum absolute atomic E-state index is 0.158. The molecule has 1 aromatic heterocycles. The molecule has 1 unspecified atom stereocenters. The molecule has 0 fully saturated rings. The van der Waals surface area contributed by atoms with Crippen molar-refractivity contribution in [3.8, 4) is 5.75 Å². The summed E-state index contributed by atoms with van der Waals surface area (Å²) in [5.41, 5.74) is 3.06. The van der Waals surface area contributed by atoms with Gasteiger partial charge in [0, 0.05) is 24.2 Å². The second-order valence-electron chi connectivity index (χ2n) is 9.66. The Hall–Kier alpha value is -3.66. The highest BCUT2D eigenvalue weighted by molar-refractivity contribution is 5.96. The van der Waals surface area contributed by atoms with Gasteiger partial charge in [0.05, 0.1) is 12.8 Å².